The van der Waals surface area contributed by atoms with E-state index >= 15 is 0 Å². The Hall–Kier alpha value is -3.39. The molecule has 0 atom stereocenters. The molecule has 0 amide bonds. The van der Waals surface area contributed by atoms with Crippen LogP contribution in [-0.4, -0.2) is 37.4 Å². The number of anilines is 2. The second-order valence-electron chi connectivity index (χ2n) is 6.50. The number of aromatic nitrogens is 5. The maximum absolute atomic E-state index is 12.0. The van der Waals surface area contributed by atoms with Crippen LogP contribution in [0.4, 0.5) is 11.6 Å². The maximum atomic E-state index is 12.0. The number of H-pyrrole nitrogens is 1. The van der Waals surface area contributed by atoms with Crippen molar-refractivity contribution < 1.29 is 9.53 Å². The van der Waals surface area contributed by atoms with Crippen molar-refractivity contribution in [3.8, 4) is 17.1 Å². The molecule has 5 rings (SSSR count). The van der Waals surface area contributed by atoms with E-state index < -0.39 is 0 Å². The standard InChI is InChI=1S/C19H15ClN6O2/c1-26-19(22-14-5-4-13-12(17(14)20)9-21-24-13)23-18(25-26)10-2-3-11-15(27)6-7-28-16(11)8-10/h2-5,8-9H,6-7H2,1H3,(H,21,24)(H,22,23,25). The highest BCUT2D eigenvalue weighted by Gasteiger charge is 2.20. The van der Waals surface area contributed by atoms with Crippen molar-refractivity contribution >= 4 is 39.9 Å². The van der Waals surface area contributed by atoms with Crippen molar-refractivity contribution in [3.63, 3.8) is 0 Å². The van der Waals surface area contributed by atoms with Crippen LogP contribution in [0.1, 0.15) is 16.8 Å². The molecule has 2 aromatic heterocycles. The molecule has 0 saturated carbocycles. The predicted octanol–water partition coefficient (Wildman–Crippen LogP) is 3.72. The van der Waals surface area contributed by atoms with Gasteiger partial charge in [0, 0.05) is 24.4 Å². The van der Waals surface area contributed by atoms with E-state index in [2.05, 4.69) is 25.6 Å². The third-order valence-corrected chi connectivity index (χ3v) is 5.10. The van der Waals surface area contributed by atoms with Crippen molar-refractivity contribution in [1.29, 1.82) is 0 Å². The van der Waals surface area contributed by atoms with E-state index in [9.17, 15) is 4.79 Å². The molecule has 1 aliphatic rings. The Kier molecular flexibility index (Phi) is 3.80. The van der Waals surface area contributed by atoms with Crippen LogP contribution in [0, 0.1) is 0 Å². The van der Waals surface area contributed by atoms with E-state index in [-0.39, 0.29) is 5.78 Å². The van der Waals surface area contributed by atoms with Gasteiger partial charge in [-0.3, -0.25) is 9.89 Å². The van der Waals surface area contributed by atoms with E-state index in [1.54, 1.807) is 30.1 Å². The van der Waals surface area contributed by atoms with Gasteiger partial charge in [0.15, 0.2) is 11.6 Å². The minimum atomic E-state index is 0.0911. The lowest BCUT2D eigenvalue weighted by Crippen LogP contribution is -2.15. The Bertz CT molecular complexity index is 1230. The van der Waals surface area contributed by atoms with Gasteiger partial charge in [0.25, 0.3) is 0 Å². The van der Waals surface area contributed by atoms with Gasteiger partial charge in [-0.2, -0.15) is 10.1 Å². The molecule has 0 bridgehead atoms. The number of carbonyl (C=O) groups is 1. The first-order valence-electron chi connectivity index (χ1n) is 8.70. The number of hydrogen-bond acceptors (Lipinski definition) is 6. The number of rotatable bonds is 3. The average molecular weight is 395 g/mol. The summed E-state index contributed by atoms with van der Waals surface area (Å²) in [4.78, 5) is 16.5. The third-order valence-electron chi connectivity index (χ3n) is 4.69. The number of aryl methyl sites for hydroxylation is 1. The first kappa shape index (κ1) is 16.8. The van der Waals surface area contributed by atoms with Gasteiger partial charge in [-0.25, -0.2) is 4.68 Å². The first-order valence-corrected chi connectivity index (χ1v) is 9.08. The van der Waals surface area contributed by atoms with Gasteiger partial charge in [-0.05, 0) is 24.3 Å². The van der Waals surface area contributed by atoms with Crippen LogP contribution >= 0.6 is 11.6 Å². The molecule has 8 nitrogen and oxygen atoms in total. The molecule has 140 valence electrons. The summed E-state index contributed by atoms with van der Waals surface area (Å²) in [5.74, 6) is 1.72. The number of hydrogen-bond donors (Lipinski definition) is 2. The average Bonchev–Trinajstić information content (AvgIpc) is 3.31. The largest absolute Gasteiger partial charge is 0.492 e. The van der Waals surface area contributed by atoms with Crippen molar-refractivity contribution in [2.75, 3.05) is 11.9 Å². The smallest absolute Gasteiger partial charge is 0.225 e. The minimum absolute atomic E-state index is 0.0911. The fourth-order valence-electron chi connectivity index (χ4n) is 3.22. The zero-order chi connectivity index (χ0) is 19.3. The minimum Gasteiger partial charge on any atom is -0.492 e. The van der Waals surface area contributed by atoms with Gasteiger partial charge in [-0.1, -0.05) is 17.7 Å². The number of ether oxygens (including phenoxy) is 1. The summed E-state index contributed by atoms with van der Waals surface area (Å²) in [7, 11) is 1.79. The number of carbonyl (C=O) groups excluding carboxylic acids is 1. The SMILES string of the molecule is Cn1nc(-c2ccc3c(c2)OCCC3=O)nc1Nc1ccc2[nH]ncc2c1Cl. The van der Waals surface area contributed by atoms with Gasteiger partial charge in [0.1, 0.15) is 5.75 Å². The quantitative estimate of drug-likeness (QED) is 0.549. The van der Waals surface area contributed by atoms with Crippen molar-refractivity contribution in [2.45, 2.75) is 6.42 Å². The molecule has 0 unspecified atom stereocenters. The lowest BCUT2D eigenvalue weighted by atomic mass is 10.0. The van der Waals surface area contributed by atoms with E-state index in [0.29, 0.717) is 46.8 Å². The second kappa shape index (κ2) is 6.35. The van der Waals surface area contributed by atoms with Crippen LogP contribution in [0.15, 0.2) is 36.5 Å². The highest BCUT2D eigenvalue weighted by molar-refractivity contribution is 6.38. The van der Waals surface area contributed by atoms with Crippen LogP contribution in [0.2, 0.25) is 5.02 Å². The lowest BCUT2D eigenvalue weighted by molar-refractivity contribution is 0.0933. The molecule has 2 N–H and O–H groups in total. The molecule has 28 heavy (non-hydrogen) atoms. The number of nitrogens with one attached hydrogen (secondary N) is 2. The van der Waals surface area contributed by atoms with Crippen LogP contribution in [-0.2, 0) is 7.05 Å². The Morgan fingerprint density at radius 2 is 2.18 bits per heavy atom. The van der Waals surface area contributed by atoms with Crippen molar-refractivity contribution in [1.82, 2.24) is 25.0 Å². The van der Waals surface area contributed by atoms with Gasteiger partial charge in [0.2, 0.25) is 5.95 Å². The highest BCUT2D eigenvalue weighted by Crippen LogP contribution is 2.33. The molecule has 3 heterocycles. The first-order chi connectivity index (χ1) is 13.6. The van der Waals surface area contributed by atoms with Crippen LogP contribution in [0.3, 0.4) is 0 Å². The molecule has 9 heteroatoms. The Morgan fingerprint density at radius 1 is 1.29 bits per heavy atom. The fourth-order valence-corrected chi connectivity index (χ4v) is 3.48. The van der Waals surface area contributed by atoms with Crippen molar-refractivity contribution in [3.05, 3.63) is 47.1 Å². The third kappa shape index (κ3) is 2.69. The normalized spacial score (nSPS) is 13.4. The molecular weight excluding hydrogens is 380 g/mol. The number of nitrogens with zero attached hydrogens (tertiary/aromatic N) is 4. The number of ketones is 1. The monoisotopic (exact) mass is 394 g/mol. The molecule has 0 aliphatic carbocycles. The number of halogens is 1. The number of aromatic amines is 1. The summed E-state index contributed by atoms with van der Waals surface area (Å²) in [6.07, 6.45) is 2.09. The summed E-state index contributed by atoms with van der Waals surface area (Å²) in [6, 6.07) is 9.14. The van der Waals surface area contributed by atoms with E-state index in [0.717, 1.165) is 16.5 Å². The summed E-state index contributed by atoms with van der Waals surface area (Å²) in [6.45, 7) is 0.396. The Morgan fingerprint density at radius 3 is 3.07 bits per heavy atom. The molecule has 2 aromatic carbocycles. The van der Waals surface area contributed by atoms with Crippen LogP contribution in [0.5, 0.6) is 5.75 Å². The maximum Gasteiger partial charge on any atom is 0.225 e. The van der Waals surface area contributed by atoms with E-state index in [4.69, 9.17) is 16.3 Å². The summed E-state index contributed by atoms with van der Waals surface area (Å²) < 4.78 is 7.25. The molecule has 0 saturated heterocycles. The molecule has 0 spiro atoms. The lowest BCUT2D eigenvalue weighted by Gasteiger charge is -2.16. The molecule has 0 radical (unpaired) electrons. The van der Waals surface area contributed by atoms with Gasteiger partial charge in [-0.15, -0.1) is 5.10 Å². The number of fused-ring (bicyclic) bond motifs is 2. The Labute approximate surface area is 164 Å². The topological polar surface area (TPSA) is 97.7 Å². The second-order valence-corrected chi connectivity index (χ2v) is 6.88. The van der Waals surface area contributed by atoms with Gasteiger partial charge < -0.3 is 10.1 Å². The summed E-state index contributed by atoms with van der Waals surface area (Å²) in [5.41, 5.74) is 2.94. The zero-order valence-corrected chi connectivity index (χ0v) is 15.6. The van der Waals surface area contributed by atoms with Crippen LogP contribution < -0.4 is 10.1 Å². The highest BCUT2D eigenvalue weighted by atomic mass is 35.5. The summed E-state index contributed by atoms with van der Waals surface area (Å²) in [5, 5.41) is 15.9. The summed E-state index contributed by atoms with van der Waals surface area (Å²) >= 11 is 6.47. The molecule has 0 fully saturated rings. The van der Waals surface area contributed by atoms with Crippen molar-refractivity contribution in [2.24, 2.45) is 7.05 Å². The number of Topliss-reactive ketones (excluding diaryl/α,β-unsaturated/α-hetero) is 1. The fraction of sp³-hybridized carbons (Fsp3) is 0.158. The molecular formula is C19H15ClN6O2. The van der Waals surface area contributed by atoms with Gasteiger partial charge in [0.05, 0.1) is 34.6 Å². The zero-order valence-electron chi connectivity index (χ0n) is 14.9. The van der Waals surface area contributed by atoms with E-state index in [1.165, 1.54) is 0 Å². The van der Waals surface area contributed by atoms with Gasteiger partial charge >= 0.3 is 0 Å². The van der Waals surface area contributed by atoms with E-state index in [1.807, 2.05) is 18.2 Å². The molecule has 1 aliphatic heterocycles. The molecule has 4 aromatic rings. The Balaban J connectivity index is 1.49. The predicted molar refractivity (Wildman–Crippen MR) is 105 cm³/mol. The van der Waals surface area contributed by atoms with Crippen LogP contribution in [0.25, 0.3) is 22.3 Å². The number of benzene rings is 2.